The van der Waals surface area contributed by atoms with Crippen LogP contribution in [0, 0.1) is 5.92 Å². The lowest BCUT2D eigenvalue weighted by atomic mass is 9.99. The van der Waals surface area contributed by atoms with Gasteiger partial charge in [-0.05, 0) is 25.3 Å². The first-order chi connectivity index (χ1) is 6.77. The van der Waals surface area contributed by atoms with Crippen LogP contribution in [0.25, 0.3) is 0 Å². The number of carbonyl (C=O) groups is 1. The third-order valence-corrected chi connectivity index (χ3v) is 4.28. The quantitative estimate of drug-likeness (QED) is 0.611. The summed E-state index contributed by atoms with van der Waals surface area (Å²) >= 11 is 1.75. The SMILES string of the molecule is O=C(O)C1CSC(C2CCCNC2)N1. The first-order valence-electron chi connectivity index (χ1n) is 5.08. The van der Waals surface area contributed by atoms with E-state index in [9.17, 15) is 4.79 Å². The predicted molar refractivity (Wildman–Crippen MR) is 56.4 cm³/mol. The van der Waals surface area contributed by atoms with Gasteiger partial charge in [0.15, 0.2) is 0 Å². The minimum atomic E-state index is -0.719. The molecular formula is C9H16N2O2S. The summed E-state index contributed by atoms with van der Waals surface area (Å²) in [6, 6.07) is -0.341. The van der Waals surface area contributed by atoms with Crippen LogP contribution in [0.15, 0.2) is 0 Å². The first kappa shape index (κ1) is 10.3. The molecule has 0 amide bonds. The number of thioether (sulfide) groups is 1. The summed E-state index contributed by atoms with van der Waals surface area (Å²) in [4.78, 5) is 10.7. The Kier molecular flexibility index (Phi) is 3.30. The molecule has 0 bridgehead atoms. The molecule has 3 atom stereocenters. The number of nitrogens with one attached hydrogen (secondary N) is 2. The van der Waals surface area contributed by atoms with Crippen molar-refractivity contribution in [3.63, 3.8) is 0 Å². The molecule has 0 aromatic rings. The van der Waals surface area contributed by atoms with Crippen molar-refractivity contribution in [3.8, 4) is 0 Å². The van der Waals surface area contributed by atoms with E-state index in [0.717, 1.165) is 13.1 Å². The van der Waals surface area contributed by atoms with Crippen LogP contribution in [0.3, 0.4) is 0 Å². The Morgan fingerprint density at radius 3 is 2.93 bits per heavy atom. The second-order valence-electron chi connectivity index (χ2n) is 3.92. The number of hydrogen-bond acceptors (Lipinski definition) is 4. The molecule has 2 fully saturated rings. The maximum atomic E-state index is 10.7. The highest BCUT2D eigenvalue weighted by molar-refractivity contribution is 8.00. The molecule has 2 saturated heterocycles. The molecule has 14 heavy (non-hydrogen) atoms. The van der Waals surface area contributed by atoms with Gasteiger partial charge in [0.2, 0.25) is 0 Å². The number of carboxylic acid groups (broad SMARTS) is 1. The number of rotatable bonds is 2. The summed E-state index contributed by atoms with van der Waals surface area (Å²) in [5, 5.41) is 15.7. The van der Waals surface area contributed by atoms with Crippen molar-refractivity contribution in [1.29, 1.82) is 0 Å². The van der Waals surface area contributed by atoms with Crippen LogP contribution in [0.1, 0.15) is 12.8 Å². The number of aliphatic carboxylic acids is 1. The van der Waals surface area contributed by atoms with Gasteiger partial charge in [-0.3, -0.25) is 10.1 Å². The van der Waals surface area contributed by atoms with E-state index in [-0.39, 0.29) is 6.04 Å². The van der Waals surface area contributed by atoms with E-state index in [4.69, 9.17) is 5.11 Å². The van der Waals surface area contributed by atoms with Gasteiger partial charge in [-0.15, -0.1) is 11.8 Å². The van der Waals surface area contributed by atoms with Crippen molar-refractivity contribution in [1.82, 2.24) is 10.6 Å². The van der Waals surface area contributed by atoms with Crippen LogP contribution >= 0.6 is 11.8 Å². The van der Waals surface area contributed by atoms with Crippen LogP contribution in [-0.4, -0.2) is 41.3 Å². The topological polar surface area (TPSA) is 61.4 Å². The molecule has 2 heterocycles. The fourth-order valence-electron chi connectivity index (χ4n) is 2.05. The van der Waals surface area contributed by atoms with Crippen molar-refractivity contribution in [3.05, 3.63) is 0 Å². The summed E-state index contributed by atoms with van der Waals surface area (Å²) in [6.07, 6.45) is 2.42. The standard InChI is InChI=1S/C9H16N2O2S/c12-9(13)7-5-14-8(11-7)6-2-1-3-10-4-6/h6-8,10-11H,1-5H2,(H,12,13). The van der Waals surface area contributed by atoms with Gasteiger partial charge >= 0.3 is 5.97 Å². The van der Waals surface area contributed by atoms with E-state index < -0.39 is 5.97 Å². The molecule has 0 saturated carbocycles. The Morgan fingerprint density at radius 1 is 1.50 bits per heavy atom. The number of carboxylic acids is 1. The Hall–Kier alpha value is -0.260. The average Bonchev–Trinajstić information content (AvgIpc) is 2.68. The molecule has 0 spiro atoms. The molecule has 3 unspecified atom stereocenters. The molecule has 0 aliphatic carbocycles. The molecule has 2 aliphatic rings. The van der Waals surface area contributed by atoms with Gasteiger partial charge in [0, 0.05) is 12.3 Å². The second-order valence-corrected chi connectivity index (χ2v) is 5.09. The Labute approximate surface area is 87.8 Å². The highest BCUT2D eigenvalue weighted by Crippen LogP contribution is 2.28. The third-order valence-electron chi connectivity index (χ3n) is 2.87. The van der Waals surface area contributed by atoms with Crippen LogP contribution in [-0.2, 0) is 4.79 Å². The molecule has 4 nitrogen and oxygen atoms in total. The molecule has 0 aromatic carbocycles. The van der Waals surface area contributed by atoms with E-state index in [1.54, 1.807) is 11.8 Å². The molecular weight excluding hydrogens is 200 g/mol. The Balaban J connectivity index is 1.85. The lowest BCUT2D eigenvalue weighted by molar-refractivity contribution is -0.138. The maximum absolute atomic E-state index is 10.7. The summed E-state index contributed by atoms with van der Waals surface area (Å²) in [6.45, 7) is 2.13. The second kappa shape index (κ2) is 4.51. The molecule has 2 rings (SSSR count). The molecule has 5 heteroatoms. The van der Waals surface area contributed by atoms with Crippen molar-refractivity contribution in [2.24, 2.45) is 5.92 Å². The monoisotopic (exact) mass is 216 g/mol. The molecule has 80 valence electrons. The van der Waals surface area contributed by atoms with E-state index in [2.05, 4.69) is 10.6 Å². The zero-order valence-electron chi connectivity index (χ0n) is 8.03. The largest absolute Gasteiger partial charge is 0.480 e. The first-order valence-corrected chi connectivity index (χ1v) is 6.13. The van der Waals surface area contributed by atoms with Gasteiger partial charge in [0.05, 0.1) is 5.37 Å². The fraction of sp³-hybridized carbons (Fsp3) is 0.889. The summed E-state index contributed by atoms with van der Waals surface area (Å²) in [5.74, 6) is 0.582. The zero-order chi connectivity index (χ0) is 9.97. The van der Waals surface area contributed by atoms with Crippen LogP contribution in [0.5, 0.6) is 0 Å². The summed E-state index contributed by atoms with van der Waals surface area (Å²) < 4.78 is 0. The van der Waals surface area contributed by atoms with E-state index >= 15 is 0 Å². The number of piperidine rings is 1. The van der Waals surface area contributed by atoms with Crippen molar-refractivity contribution < 1.29 is 9.90 Å². The fourth-order valence-corrected chi connectivity index (χ4v) is 3.45. The minimum Gasteiger partial charge on any atom is -0.480 e. The maximum Gasteiger partial charge on any atom is 0.321 e. The molecule has 2 aliphatic heterocycles. The van der Waals surface area contributed by atoms with Gasteiger partial charge in [-0.25, -0.2) is 0 Å². The Bertz CT molecular complexity index is 219. The Morgan fingerprint density at radius 2 is 2.36 bits per heavy atom. The summed E-state index contributed by atoms with van der Waals surface area (Å²) in [5.41, 5.74) is 0. The lowest BCUT2D eigenvalue weighted by Gasteiger charge is -2.27. The van der Waals surface area contributed by atoms with Gasteiger partial charge in [0.1, 0.15) is 6.04 Å². The van der Waals surface area contributed by atoms with E-state index in [1.165, 1.54) is 12.8 Å². The molecule has 0 radical (unpaired) electrons. The smallest absolute Gasteiger partial charge is 0.321 e. The van der Waals surface area contributed by atoms with Crippen molar-refractivity contribution in [2.75, 3.05) is 18.8 Å². The van der Waals surface area contributed by atoms with Gasteiger partial charge in [0.25, 0.3) is 0 Å². The predicted octanol–water partition coefficient (Wildman–Crippen LogP) is 0.102. The van der Waals surface area contributed by atoms with Crippen LogP contribution in [0.4, 0.5) is 0 Å². The normalized spacial score (nSPS) is 38.4. The summed E-state index contributed by atoms with van der Waals surface area (Å²) in [7, 11) is 0. The molecule has 3 N–H and O–H groups in total. The van der Waals surface area contributed by atoms with Gasteiger partial charge in [-0.1, -0.05) is 0 Å². The molecule has 0 aromatic heterocycles. The number of hydrogen-bond donors (Lipinski definition) is 3. The van der Waals surface area contributed by atoms with E-state index in [0.29, 0.717) is 17.0 Å². The lowest BCUT2D eigenvalue weighted by Crippen LogP contribution is -2.44. The van der Waals surface area contributed by atoms with Crippen LogP contribution < -0.4 is 10.6 Å². The van der Waals surface area contributed by atoms with Crippen molar-refractivity contribution >= 4 is 17.7 Å². The highest BCUT2D eigenvalue weighted by Gasteiger charge is 2.34. The van der Waals surface area contributed by atoms with Gasteiger partial charge < -0.3 is 10.4 Å². The van der Waals surface area contributed by atoms with Gasteiger partial charge in [-0.2, -0.15) is 0 Å². The zero-order valence-corrected chi connectivity index (χ0v) is 8.85. The van der Waals surface area contributed by atoms with Crippen molar-refractivity contribution in [2.45, 2.75) is 24.3 Å². The minimum absolute atomic E-state index is 0.337. The van der Waals surface area contributed by atoms with E-state index in [1.807, 2.05) is 0 Å². The van der Waals surface area contributed by atoms with Crippen LogP contribution in [0.2, 0.25) is 0 Å². The average molecular weight is 216 g/mol. The third kappa shape index (κ3) is 2.21. The highest BCUT2D eigenvalue weighted by atomic mass is 32.2.